The average molecular weight is 470 g/mol. The number of hydrogen-bond acceptors (Lipinski definition) is 4. The Hall–Kier alpha value is -4.26. The van der Waals surface area contributed by atoms with E-state index in [1.807, 2.05) is 84.4 Å². The van der Waals surface area contributed by atoms with Gasteiger partial charge in [-0.3, -0.25) is 9.59 Å². The number of benzene rings is 3. The van der Waals surface area contributed by atoms with Crippen LogP contribution in [-0.4, -0.2) is 42.0 Å². The number of aryl methyl sites for hydroxylation is 1. The van der Waals surface area contributed by atoms with Crippen LogP contribution in [0, 0.1) is 0 Å². The Kier molecular flexibility index (Phi) is 5.91. The van der Waals surface area contributed by atoms with Crippen molar-refractivity contribution in [2.24, 2.45) is 7.05 Å². The molecule has 3 aromatic carbocycles. The third-order valence-corrected chi connectivity index (χ3v) is 6.59. The van der Waals surface area contributed by atoms with Gasteiger partial charge in [-0.25, -0.2) is 0 Å². The monoisotopic (exact) mass is 469 g/mol. The number of hydrogen-bond donors (Lipinski definition) is 1. The Morgan fingerprint density at radius 3 is 2.20 bits per heavy atom. The van der Waals surface area contributed by atoms with Crippen molar-refractivity contribution < 1.29 is 19.1 Å². The van der Waals surface area contributed by atoms with Gasteiger partial charge in [0, 0.05) is 30.1 Å². The lowest BCUT2D eigenvalue weighted by Gasteiger charge is -2.26. The third-order valence-electron chi connectivity index (χ3n) is 6.59. The molecule has 0 saturated heterocycles. The fourth-order valence-electron chi connectivity index (χ4n) is 4.82. The Morgan fingerprint density at radius 1 is 0.914 bits per heavy atom. The number of fused-ring (bicyclic) bond motifs is 3. The maximum Gasteiger partial charge on any atom is 0.272 e. The summed E-state index contributed by atoms with van der Waals surface area (Å²) in [6.45, 7) is 0.322. The molecule has 1 aliphatic heterocycles. The summed E-state index contributed by atoms with van der Waals surface area (Å²) in [4.78, 5) is 28.3. The number of nitrogens with one attached hydrogen (secondary N) is 1. The summed E-state index contributed by atoms with van der Waals surface area (Å²) in [5.74, 6) is 1.12. The Bertz CT molecular complexity index is 1390. The van der Waals surface area contributed by atoms with Gasteiger partial charge in [-0.15, -0.1) is 0 Å². The molecule has 5 rings (SSSR count). The van der Waals surface area contributed by atoms with Gasteiger partial charge in [0.15, 0.2) is 0 Å². The van der Waals surface area contributed by atoms with Crippen LogP contribution in [-0.2, 0) is 18.4 Å². The normalized spacial score (nSPS) is 14.8. The van der Waals surface area contributed by atoms with Crippen molar-refractivity contribution >= 4 is 22.7 Å². The first-order valence-corrected chi connectivity index (χ1v) is 11.4. The lowest BCUT2D eigenvalue weighted by atomic mass is 9.98. The molecule has 2 heterocycles. The second kappa shape index (κ2) is 9.18. The Balaban J connectivity index is 1.45. The molecule has 0 fully saturated rings. The number of para-hydroxylation sites is 1. The standard InChI is InChI=1S/C28H27N3O4/c1-30-23-7-5-4-6-22(23)25-26(19-10-14-21(35-3)15-11-19)31(28(33)27(25)30)17-24(32)29-16-18-8-12-20(34-2)13-9-18/h4-15,26H,16-17H2,1-3H3,(H,29,32)/t26-/m0/s1. The molecule has 2 amide bonds. The lowest BCUT2D eigenvalue weighted by Crippen LogP contribution is -2.39. The number of aromatic nitrogens is 1. The third kappa shape index (κ3) is 3.99. The average Bonchev–Trinajstić information content (AvgIpc) is 3.35. The Labute approximate surface area is 203 Å². The van der Waals surface area contributed by atoms with Crippen molar-refractivity contribution in [3.63, 3.8) is 0 Å². The minimum Gasteiger partial charge on any atom is -0.497 e. The number of carbonyl (C=O) groups is 2. The zero-order valence-corrected chi connectivity index (χ0v) is 19.9. The van der Waals surface area contributed by atoms with E-state index in [9.17, 15) is 9.59 Å². The van der Waals surface area contributed by atoms with Crippen molar-refractivity contribution in [3.05, 3.63) is 95.2 Å². The zero-order valence-electron chi connectivity index (χ0n) is 19.9. The van der Waals surface area contributed by atoms with Gasteiger partial charge < -0.3 is 24.3 Å². The highest BCUT2D eigenvalue weighted by atomic mass is 16.5. The van der Waals surface area contributed by atoms with Crippen LogP contribution in [0.15, 0.2) is 72.8 Å². The topological polar surface area (TPSA) is 72.8 Å². The molecule has 7 nitrogen and oxygen atoms in total. The van der Waals surface area contributed by atoms with E-state index in [4.69, 9.17) is 9.47 Å². The highest BCUT2D eigenvalue weighted by Gasteiger charge is 2.42. The van der Waals surface area contributed by atoms with E-state index in [1.54, 1.807) is 19.1 Å². The molecule has 4 aromatic rings. The predicted molar refractivity (Wildman–Crippen MR) is 134 cm³/mol. The number of ether oxygens (including phenoxy) is 2. The van der Waals surface area contributed by atoms with Crippen LogP contribution in [0.25, 0.3) is 10.9 Å². The van der Waals surface area contributed by atoms with E-state index in [-0.39, 0.29) is 24.4 Å². The lowest BCUT2D eigenvalue weighted by molar-refractivity contribution is -0.122. The van der Waals surface area contributed by atoms with Gasteiger partial charge in [0.05, 0.1) is 20.3 Å². The maximum absolute atomic E-state index is 13.7. The first-order valence-electron chi connectivity index (χ1n) is 11.4. The number of methoxy groups -OCH3 is 2. The molecule has 1 aliphatic rings. The van der Waals surface area contributed by atoms with Crippen molar-refractivity contribution in [2.45, 2.75) is 12.6 Å². The number of carbonyl (C=O) groups excluding carboxylic acids is 2. The smallest absolute Gasteiger partial charge is 0.272 e. The summed E-state index contributed by atoms with van der Waals surface area (Å²) in [7, 11) is 5.14. The molecule has 1 N–H and O–H groups in total. The molecule has 1 aromatic heterocycles. The van der Waals surface area contributed by atoms with Crippen molar-refractivity contribution in [1.82, 2.24) is 14.8 Å². The highest BCUT2D eigenvalue weighted by molar-refractivity contribution is 6.07. The molecule has 0 radical (unpaired) electrons. The van der Waals surface area contributed by atoms with Crippen molar-refractivity contribution in [2.75, 3.05) is 20.8 Å². The Morgan fingerprint density at radius 2 is 1.54 bits per heavy atom. The second-order valence-corrected chi connectivity index (χ2v) is 8.57. The predicted octanol–water partition coefficient (Wildman–Crippen LogP) is 4.06. The van der Waals surface area contributed by atoms with Gasteiger partial charge >= 0.3 is 0 Å². The molecule has 7 heteroatoms. The van der Waals surface area contributed by atoms with Gasteiger partial charge in [-0.1, -0.05) is 42.5 Å². The number of rotatable bonds is 7. The minimum absolute atomic E-state index is 0.0469. The van der Waals surface area contributed by atoms with Crippen LogP contribution >= 0.6 is 0 Å². The first-order chi connectivity index (χ1) is 17.0. The molecule has 0 aliphatic carbocycles. The van der Waals surface area contributed by atoms with Crippen LogP contribution in [0.5, 0.6) is 11.5 Å². The SMILES string of the molecule is COc1ccc(CNC(=O)CN2C(=O)c3c(c4ccccc4n3C)[C@@H]2c2ccc(OC)cc2)cc1. The van der Waals surface area contributed by atoms with Gasteiger partial charge in [-0.05, 0) is 41.5 Å². The van der Waals surface area contributed by atoms with E-state index < -0.39 is 0 Å². The van der Waals surface area contributed by atoms with E-state index in [1.165, 1.54) is 0 Å². The number of nitrogens with zero attached hydrogens (tertiary/aromatic N) is 2. The molecular formula is C28H27N3O4. The summed E-state index contributed by atoms with van der Waals surface area (Å²) in [5.41, 5.74) is 4.43. The second-order valence-electron chi connectivity index (χ2n) is 8.57. The zero-order chi connectivity index (χ0) is 24.5. The van der Waals surface area contributed by atoms with Crippen LogP contribution in [0.4, 0.5) is 0 Å². The van der Waals surface area contributed by atoms with Crippen molar-refractivity contribution in [3.8, 4) is 11.5 Å². The van der Waals surface area contributed by atoms with Crippen LogP contribution in [0.2, 0.25) is 0 Å². The fourth-order valence-corrected chi connectivity index (χ4v) is 4.82. The van der Waals surface area contributed by atoms with E-state index >= 15 is 0 Å². The molecule has 0 spiro atoms. The minimum atomic E-state index is -0.374. The summed E-state index contributed by atoms with van der Waals surface area (Å²) in [6.07, 6.45) is 0. The maximum atomic E-state index is 13.7. The molecule has 1 atom stereocenters. The summed E-state index contributed by atoms with van der Waals surface area (Å²) < 4.78 is 12.4. The summed E-state index contributed by atoms with van der Waals surface area (Å²) in [5, 5.41) is 3.96. The quantitative estimate of drug-likeness (QED) is 0.443. The molecule has 35 heavy (non-hydrogen) atoms. The van der Waals surface area contributed by atoms with E-state index in [2.05, 4.69) is 5.32 Å². The van der Waals surface area contributed by atoms with Gasteiger partial charge in [0.25, 0.3) is 5.91 Å². The van der Waals surface area contributed by atoms with E-state index in [0.717, 1.165) is 39.1 Å². The van der Waals surface area contributed by atoms with Gasteiger partial charge in [-0.2, -0.15) is 0 Å². The van der Waals surface area contributed by atoms with Gasteiger partial charge in [0.1, 0.15) is 23.7 Å². The molecular weight excluding hydrogens is 442 g/mol. The number of amides is 2. The summed E-state index contributed by atoms with van der Waals surface area (Å²) >= 11 is 0. The van der Waals surface area contributed by atoms with E-state index in [0.29, 0.717) is 12.2 Å². The van der Waals surface area contributed by atoms with Crippen molar-refractivity contribution in [1.29, 1.82) is 0 Å². The summed E-state index contributed by atoms with van der Waals surface area (Å²) in [6, 6.07) is 22.8. The van der Waals surface area contributed by atoms with Crippen LogP contribution < -0.4 is 14.8 Å². The molecule has 178 valence electrons. The highest BCUT2D eigenvalue weighted by Crippen LogP contribution is 2.43. The first kappa shape index (κ1) is 22.5. The fraction of sp³-hybridized carbons (Fsp3) is 0.214. The van der Waals surface area contributed by atoms with Gasteiger partial charge in [0.2, 0.25) is 5.91 Å². The van der Waals surface area contributed by atoms with Crippen LogP contribution in [0.3, 0.4) is 0 Å². The largest absolute Gasteiger partial charge is 0.497 e. The molecule has 0 saturated carbocycles. The molecule has 0 bridgehead atoms. The van der Waals surface area contributed by atoms with Crippen LogP contribution in [0.1, 0.15) is 33.2 Å². The molecule has 0 unspecified atom stereocenters.